The first kappa shape index (κ1) is 35.2. The van der Waals surface area contributed by atoms with E-state index in [1.807, 2.05) is 11.3 Å². The van der Waals surface area contributed by atoms with Crippen LogP contribution in [0, 0.1) is 58.8 Å². The minimum Gasteiger partial charge on any atom is -0.496 e. The first-order valence-electron chi connectivity index (χ1n) is 17.9. The Hall–Kier alpha value is -3.22. The summed E-state index contributed by atoms with van der Waals surface area (Å²) in [7, 11) is 1.99. The fourth-order valence-electron chi connectivity index (χ4n) is 9.25. The Kier molecular flexibility index (Phi) is 9.66. The van der Waals surface area contributed by atoms with Gasteiger partial charge >= 0.3 is 0 Å². The molecule has 2 unspecified atom stereocenters. The van der Waals surface area contributed by atoms with Crippen LogP contribution in [0.5, 0.6) is 11.5 Å². The van der Waals surface area contributed by atoms with Gasteiger partial charge in [0.15, 0.2) is 0 Å². The molecule has 1 aromatic heterocycles. The molecule has 0 spiro atoms. The lowest BCUT2D eigenvalue weighted by molar-refractivity contribution is 0.341. The summed E-state index contributed by atoms with van der Waals surface area (Å²) in [4.78, 5) is 2.92. The van der Waals surface area contributed by atoms with Crippen LogP contribution in [-0.4, -0.2) is 14.2 Å². The first-order valence-corrected chi connectivity index (χ1v) is 21.4. The zero-order chi connectivity index (χ0) is 35.5. The van der Waals surface area contributed by atoms with Gasteiger partial charge in [-0.05, 0) is 166 Å². The standard InChI is InChI=1S/C45H50O2P2S/c1-27-23-36(24-28(2)41(27)46-9)49(37-25-29(3)42(47-10)30(4)26-37)44-38-21-22-45(8,31(38)5)40(44)39-32(6)50-33(7)43(39)48(34-17-13-11-14-18-34)35-19-15-12-16-20-35/h11-20,23-26,31,38H,21-22H2,1-10H3/t31-,38?,45?/m0/s1. The maximum atomic E-state index is 5.91. The van der Waals surface area contributed by atoms with Crippen molar-refractivity contribution in [2.45, 2.75) is 68.2 Å². The summed E-state index contributed by atoms with van der Waals surface area (Å²) in [5, 5.41) is 8.96. The van der Waals surface area contributed by atoms with Crippen molar-refractivity contribution >= 4 is 59.3 Å². The van der Waals surface area contributed by atoms with Gasteiger partial charge < -0.3 is 9.47 Å². The first-order chi connectivity index (χ1) is 24.0. The van der Waals surface area contributed by atoms with Gasteiger partial charge in [-0.1, -0.05) is 74.5 Å². The van der Waals surface area contributed by atoms with E-state index >= 15 is 0 Å². The van der Waals surface area contributed by atoms with E-state index in [0.29, 0.717) is 11.8 Å². The molecule has 7 rings (SSSR count). The number of allylic oxidation sites excluding steroid dienone is 2. The fourth-order valence-corrected chi connectivity index (χ4v) is 16.7. The largest absolute Gasteiger partial charge is 0.496 e. The molecule has 2 nitrogen and oxygen atoms in total. The summed E-state index contributed by atoms with van der Waals surface area (Å²) in [5.74, 6) is 3.11. The van der Waals surface area contributed by atoms with Gasteiger partial charge in [0, 0.05) is 20.6 Å². The van der Waals surface area contributed by atoms with Crippen LogP contribution in [0.3, 0.4) is 0 Å². The molecule has 0 N–H and O–H groups in total. The van der Waals surface area contributed by atoms with Gasteiger partial charge in [-0.3, -0.25) is 0 Å². The molecular formula is C45H50O2P2S. The Bertz CT molecular complexity index is 1950. The van der Waals surface area contributed by atoms with E-state index < -0.39 is 15.8 Å². The second-order valence-corrected chi connectivity index (χ2v) is 20.4. The third-order valence-corrected chi connectivity index (χ3v) is 17.9. The predicted molar refractivity (Wildman–Crippen MR) is 221 cm³/mol. The molecule has 0 radical (unpaired) electrons. The number of aryl methyl sites for hydroxylation is 6. The van der Waals surface area contributed by atoms with Crippen molar-refractivity contribution in [3.8, 4) is 11.5 Å². The van der Waals surface area contributed by atoms with Crippen LogP contribution < -0.4 is 36.0 Å². The van der Waals surface area contributed by atoms with Crippen molar-refractivity contribution in [3.63, 3.8) is 0 Å². The van der Waals surface area contributed by atoms with E-state index in [9.17, 15) is 0 Å². The van der Waals surface area contributed by atoms with E-state index in [4.69, 9.17) is 9.47 Å². The number of fused-ring (bicyclic) bond motifs is 2. The molecule has 0 amide bonds. The van der Waals surface area contributed by atoms with Gasteiger partial charge in [0.2, 0.25) is 0 Å². The highest BCUT2D eigenvalue weighted by Gasteiger charge is 2.56. The molecule has 0 aliphatic heterocycles. The third kappa shape index (κ3) is 5.69. The molecule has 1 heterocycles. The number of methoxy groups -OCH3 is 2. The van der Waals surface area contributed by atoms with Crippen molar-refractivity contribution in [1.82, 2.24) is 0 Å². The van der Waals surface area contributed by atoms with Gasteiger partial charge in [-0.2, -0.15) is 0 Å². The Balaban J connectivity index is 1.58. The number of thiophene rings is 1. The molecule has 258 valence electrons. The molecule has 2 bridgehead atoms. The van der Waals surface area contributed by atoms with Gasteiger partial charge in [-0.15, -0.1) is 11.3 Å². The van der Waals surface area contributed by atoms with Crippen molar-refractivity contribution in [2.24, 2.45) is 17.3 Å². The molecule has 5 heteroatoms. The molecule has 0 saturated heterocycles. The quantitative estimate of drug-likeness (QED) is 0.141. The van der Waals surface area contributed by atoms with Crippen molar-refractivity contribution in [1.29, 1.82) is 0 Å². The number of benzene rings is 4. The lowest BCUT2D eigenvalue weighted by atomic mass is 9.75. The Morgan fingerprint density at radius 1 is 0.640 bits per heavy atom. The second kappa shape index (κ2) is 13.7. The minimum absolute atomic E-state index is 0.106. The fraction of sp³-hybridized carbons (Fsp3) is 0.333. The average Bonchev–Trinajstić information content (AvgIpc) is 3.62. The Labute approximate surface area is 306 Å². The lowest BCUT2D eigenvalue weighted by Gasteiger charge is -2.35. The molecular weight excluding hydrogens is 667 g/mol. The summed E-state index contributed by atoms with van der Waals surface area (Å²) < 4.78 is 11.8. The molecule has 1 saturated carbocycles. The van der Waals surface area contributed by atoms with Crippen LogP contribution in [0.25, 0.3) is 5.57 Å². The molecule has 5 aromatic rings. The summed E-state index contributed by atoms with van der Waals surface area (Å²) >= 11 is 2.01. The van der Waals surface area contributed by atoms with Gasteiger partial charge in [0.05, 0.1) is 14.2 Å². The predicted octanol–water partition coefficient (Wildman–Crippen LogP) is 10.3. The summed E-state index contributed by atoms with van der Waals surface area (Å²) in [6.45, 7) is 18.8. The van der Waals surface area contributed by atoms with E-state index in [1.54, 1.807) is 36.0 Å². The smallest absolute Gasteiger partial charge is 0.124 e. The topological polar surface area (TPSA) is 18.5 Å². The van der Waals surface area contributed by atoms with Crippen molar-refractivity contribution in [2.75, 3.05) is 14.2 Å². The molecule has 2 aliphatic rings. The normalized spacial score (nSPS) is 20.0. The van der Waals surface area contributed by atoms with Gasteiger partial charge in [0.25, 0.3) is 0 Å². The molecule has 4 aromatic carbocycles. The zero-order valence-electron chi connectivity index (χ0n) is 31.3. The highest BCUT2D eigenvalue weighted by atomic mass is 32.1. The van der Waals surface area contributed by atoms with Crippen LogP contribution in [-0.2, 0) is 0 Å². The minimum atomic E-state index is -0.851. The number of rotatable bonds is 9. The Morgan fingerprint density at radius 2 is 1.10 bits per heavy atom. The second-order valence-electron chi connectivity index (χ2n) is 14.6. The average molecular weight is 717 g/mol. The molecule has 50 heavy (non-hydrogen) atoms. The van der Waals surface area contributed by atoms with Crippen LogP contribution in [0.2, 0.25) is 0 Å². The van der Waals surface area contributed by atoms with Crippen LogP contribution in [0.1, 0.15) is 64.3 Å². The zero-order valence-corrected chi connectivity index (χ0v) is 33.9. The van der Waals surface area contributed by atoms with E-state index in [0.717, 1.165) is 11.5 Å². The number of hydrogen-bond donors (Lipinski definition) is 0. The molecule has 3 atom stereocenters. The SMILES string of the molecule is COc1c(C)cc(P(C2=C(c3c(C)sc(C)c3P(c3ccccc3)c3ccccc3)C3(C)CCC2[C@@H]3C)c2cc(C)c(OC)c(C)c2)cc1C. The lowest BCUT2D eigenvalue weighted by Crippen LogP contribution is -2.27. The van der Waals surface area contributed by atoms with Crippen LogP contribution in [0.4, 0.5) is 0 Å². The van der Waals surface area contributed by atoms with Gasteiger partial charge in [0.1, 0.15) is 11.5 Å². The number of hydrogen-bond acceptors (Lipinski definition) is 3. The van der Waals surface area contributed by atoms with Crippen molar-refractivity contribution in [3.05, 3.63) is 128 Å². The number of ether oxygens (including phenoxy) is 2. The summed E-state index contributed by atoms with van der Waals surface area (Å²) in [6, 6.07) is 32.3. The van der Waals surface area contributed by atoms with Crippen molar-refractivity contribution < 1.29 is 9.47 Å². The maximum Gasteiger partial charge on any atom is 0.124 e. The monoisotopic (exact) mass is 716 g/mol. The van der Waals surface area contributed by atoms with E-state index in [2.05, 4.69) is 140 Å². The maximum absolute atomic E-state index is 5.91. The van der Waals surface area contributed by atoms with Crippen LogP contribution >= 0.6 is 27.2 Å². The molecule has 2 aliphatic carbocycles. The summed E-state index contributed by atoms with van der Waals surface area (Å²) in [5.41, 5.74) is 8.15. The molecule has 1 fully saturated rings. The highest BCUT2D eigenvalue weighted by molar-refractivity contribution is 7.80. The highest BCUT2D eigenvalue weighted by Crippen LogP contribution is 2.71. The van der Waals surface area contributed by atoms with Gasteiger partial charge in [-0.25, -0.2) is 0 Å². The Morgan fingerprint density at radius 3 is 1.54 bits per heavy atom. The van der Waals surface area contributed by atoms with E-state index in [-0.39, 0.29) is 5.41 Å². The summed E-state index contributed by atoms with van der Waals surface area (Å²) in [6.07, 6.45) is 2.49. The van der Waals surface area contributed by atoms with Crippen LogP contribution in [0.15, 0.2) is 90.2 Å². The van der Waals surface area contributed by atoms with E-state index in [1.165, 1.54) is 66.1 Å². The third-order valence-electron chi connectivity index (χ3n) is 11.5.